The van der Waals surface area contributed by atoms with Crippen LogP contribution in [0.5, 0.6) is 0 Å². The highest BCUT2D eigenvalue weighted by Crippen LogP contribution is 2.42. The molecule has 0 atom stereocenters. The zero-order valence-electron chi connectivity index (χ0n) is 5.10. The van der Waals surface area contributed by atoms with Gasteiger partial charge >= 0.3 is 0 Å². The maximum Gasteiger partial charge on any atom is 0.172 e. The fourth-order valence-electron chi connectivity index (χ4n) is 1.38. The predicted octanol–water partition coefficient (Wildman–Crippen LogP) is 1.29. The van der Waals surface area contributed by atoms with Crippen molar-refractivity contribution < 1.29 is 9.47 Å². The molecule has 0 aromatic heterocycles. The van der Waals surface area contributed by atoms with E-state index in [2.05, 4.69) is 15.9 Å². The van der Waals surface area contributed by atoms with E-state index in [1.807, 2.05) is 0 Å². The molecular weight excluding hydrogens is 184 g/mol. The number of halogens is 1. The Bertz CT molecular complexity index is 116. The molecule has 0 bridgehead atoms. The van der Waals surface area contributed by atoms with Crippen LogP contribution in [-0.4, -0.2) is 23.8 Å². The Morgan fingerprint density at radius 2 is 1.78 bits per heavy atom. The van der Waals surface area contributed by atoms with Gasteiger partial charge in [-0.3, -0.25) is 0 Å². The molecule has 2 saturated heterocycles. The molecule has 3 heteroatoms. The highest BCUT2D eigenvalue weighted by molar-refractivity contribution is 9.10. The van der Waals surface area contributed by atoms with Crippen LogP contribution in [0.1, 0.15) is 12.8 Å². The summed E-state index contributed by atoms with van der Waals surface area (Å²) >= 11 is 3.62. The number of hydrogen-bond acceptors (Lipinski definition) is 2. The molecule has 0 amide bonds. The fraction of sp³-hybridized carbons (Fsp3) is 1.00. The second-order valence-electron chi connectivity index (χ2n) is 2.61. The molecular formula is C6H9BrO2. The van der Waals surface area contributed by atoms with Crippen molar-refractivity contribution in [3.8, 4) is 0 Å². The lowest BCUT2D eigenvalue weighted by molar-refractivity contribution is -0.0852. The minimum atomic E-state index is 0.0394. The lowest BCUT2D eigenvalue weighted by Crippen LogP contribution is -2.25. The van der Waals surface area contributed by atoms with Crippen LogP contribution in [0, 0.1) is 0 Å². The van der Waals surface area contributed by atoms with E-state index in [1.54, 1.807) is 0 Å². The summed E-state index contributed by atoms with van der Waals surface area (Å²) in [4.78, 5) is 0. The van der Waals surface area contributed by atoms with Gasteiger partial charge in [0.25, 0.3) is 0 Å². The Kier molecular flexibility index (Phi) is 1.32. The fourth-order valence-corrected chi connectivity index (χ4v) is 1.97. The summed E-state index contributed by atoms with van der Waals surface area (Å²) in [6, 6.07) is 0. The number of hydrogen-bond donors (Lipinski definition) is 0. The van der Waals surface area contributed by atoms with Gasteiger partial charge in [0.05, 0.1) is 17.5 Å². The van der Waals surface area contributed by atoms with E-state index in [9.17, 15) is 0 Å². The van der Waals surface area contributed by atoms with Crippen molar-refractivity contribution in [1.29, 1.82) is 0 Å². The summed E-state index contributed by atoms with van der Waals surface area (Å²) in [6.07, 6.45) is 2.23. The smallest absolute Gasteiger partial charge is 0.172 e. The molecule has 0 saturated carbocycles. The first kappa shape index (κ1) is 6.13. The molecule has 2 fully saturated rings. The second kappa shape index (κ2) is 1.94. The van der Waals surface area contributed by atoms with Crippen molar-refractivity contribution in [3.05, 3.63) is 0 Å². The van der Waals surface area contributed by atoms with Crippen molar-refractivity contribution >= 4 is 15.9 Å². The molecule has 9 heavy (non-hydrogen) atoms. The van der Waals surface area contributed by atoms with Crippen LogP contribution in [0.3, 0.4) is 0 Å². The third kappa shape index (κ3) is 0.827. The van der Waals surface area contributed by atoms with Crippen molar-refractivity contribution in [1.82, 2.24) is 0 Å². The predicted molar refractivity (Wildman–Crippen MR) is 36.6 cm³/mol. The zero-order valence-corrected chi connectivity index (χ0v) is 6.69. The standard InChI is InChI=1S/C6H9BrO2/c7-6-1-3-8-5(6)9-4-2-6/h5H,1-4H2. The van der Waals surface area contributed by atoms with Crippen molar-refractivity contribution in [2.45, 2.75) is 23.5 Å². The minimum absolute atomic E-state index is 0.0394. The zero-order chi connectivity index (χ0) is 6.32. The summed E-state index contributed by atoms with van der Waals surface area (Å²) in [5.74, 6) is 0. The molecule has 0 aliphatic carbocycles. The van der Waals surface area contributed by atoms with Gasteiger partial charge in [0.15, 0.2) is 6.29 Å². The molecule has 2 nitrogen and oxygen atoms in total. The van der Waals surface area contributed by atoms with Crippen LogP contribution < -0.4 is 0 Å². The van der Waals surface area contributed by atoms with Crippen LogP contribution in [-0.2, 0) is 9.47 Å². The Hall–Kier alpha value is 0.400. The molecule has 2 aliphatic rings. The maximum absolute atomic E-state index is 5.31. The molecule has 0 aromatic carbocycles. The van der Waals surface area contributed by atoms with E-state index in [0.29, 0.717) is 0 Å². The van der Waals surface area contributed by atoms with E-state index in [1.165, 1.54) is 0 Å². The van der Waals surface area contributed by atoms with Gasteiger partial charge < -0.3 is 9.47 Å². The lowest BCUT2D eigenvalue weighted by Gasteiger charge is -2.15. The lowest BCUT2D eigenvalue weighted by atomic mass is 10.1. The molecule has 2 heterocycles. The molecule has 0 aromatic rings. The third-order valence-corrected chi connectivity index (χ3v) is 3.16. The SMILES string of the molecule is BrC12CCOC1OCC2. The summed E-state index contributed by atoms with van der Waals surface area (Å²) in [5.41, 5.74) is 0. The van der Waals surface area contributed by atoms with Gasteiger partial charge in [0.2, 0.25) is 0 Å². The third-order valence-electron chi connectivity index (χ3n) is 2.00. The van der Waals surface area contributed by atoms with Crippen molar-refractivity contribution in [2.75, 3.05) is 13.2 Å². The second-order valence-corrected chi connectivity index (χ2v) is 4.19. The topological polar surface area (TPSA) is 18.5 Å². The number of alkyl halides is 1. The summed E-state index contributed by atoms with van der Waals surface area (Å²) < 4.78 is 10.8. The van der Waals surface area contributed by atoms with Crippen molar-refractivity contribution in [2.24, 2.45) is 0 Å². The summed E-state index contributed by atoms with van der Waals surface area (Å²) in [6.45, 7) is 1.69. The number of rotatable bonds is 0. The van der Waals surface area contributed by atoms with E-state index < -0.39 is 0 Å². The Labute approximate surface area is 62.6 Å². The molecule has 0 N–H and O–H groups in total. The van der Waals surface area contributed by atoms with Gasteiger partial charge in [-0.1, -0.05) is 15.9 Å². The van der Waals surface area contributed by atoms with Crippen LogP contribution in [0.25, 0.3) is 0 Å². The van der Waals surface area contributed by atoms with E-state index in [4.69, 9.17) is 9.47 Å². The Morgan fingerprint density at radius 3 is 2.22 bits per heavy atom. The molecule has 0 radical (unpaired) electrons. The molecule has 2 aliphatic heterocycles. The molecule has 0 spiro atoms. The van der Waals surface area contributed by atoms with Gasteiger partial charge in [-0.05, 0) is 12.8 Å². The summed E-state index contributed by atoms with van der Waals surface area (Å²) in [7, 11) is 0. The first-order valence-corrected chi connectivity index (χ1v) is 4.03. The van der Waals surface area contributed by atoms with Gasteiger partial charge in [-0.15, -0.1) is 0 Å². The highest BCUT2D eigenvalue weighted by atomic mass is 79.9. The monoisotopic (exact) mass is 192 g/mol. The van der Waals surface area contributed by atoms with E-state index in [0.717, 1.165) is 26.1 Å². The maximum atomic E-state index is 5.31. The number of fused-ring (bicyclic) bond motifs is 1. The minimum Gasteiger partial charge on any atom is -0.351 e. The van der Waals surface area contributed by atoms with Crippen LogP contribution >= 0.6 is 15.9 Å². The molecule has 2 rings (SSSR count). The Balaban J connectivity index is 2.17. The van der Waals surface area contributed by atoms with Crippen LogP contribution in [0.15, 0.2) is 0 Å². The highest BCUT2D eigenvalue weighted by Gasteiger charge is 2.46. The van der Waals surface area contributed by atoms with E-state index >= 15 is 0 Å². The quantitative estimate of drug-likeness (QED) is 0.539. The average Bonchev–Trinajstić information content (AvgIpc) is 2.22. The number of ether oxygens (including phenoxy) is 2. The van der Waals surface area contributed by atoms with Crippen molar-refractivity contribution in [3.63, 3.8) is 0 Å². The van der Waals surface area contributed by atoms with Gasteiger partial charge in [0.1, 0.15) is 0 Å². The van der Waals surface area contributed by atoms with Gasteiger partial charge in [-0.2, -0.15) is 0 Å². The Morgan fingerprint density at radius 1 is 1.22 bits per heavy atom. The first-order valence-electron chi connectivity index (χ1n) is 3.23. The summed E-state index contributed by atoms with van der Waals surface area (Å²) in [5, 5.41) is 0. The van der Waals surface area contributed by atoms with Crippen LogP contribution in [0.4, 0.5) is 0 Å². The van der Waals surface area contributed by atoms with Gasteiger partial charge in [0, 0.05) is 0 Å². The first-order chi connectivity index (χ1) is 4.31. The normalized spacial score (nSPS) is 49.7. The molecule has 0 unspecified atom stereocenters. The van der Waals surface area contributed by atoms with E-state index in [-0.39, 0.29) is 10.6 Å². The average molecular weight is 193 g/mol. The van der Waals surface area contributed by atoms with Crippen LogP contribution in [0.2, 0.25) is 0 Å². The molecule has 52 valence electrons. The van der Waals surface area contributed by atoms with Gasteiger partial charge in [-0.25, -0.2) is 0 Å². The largest absolute Gasteiger partial charge is 0.351 e.